The number of β-amino-alcohol motifs (C(OH)–C–C–N with tert-alkyl or cyclic N) is 1. The summed E-state index contributed by atoms with van der Waals surface area (Å²) < 4.78 is 5.50. The lowest BCUT2D eigenvalue weighted by Crippen LogP contribution is -2.47. The van der Waals surface area contributed by atoms with E-state index >= 15 is 0 Å². The summed E-state index contributed by atoms with van der Waals surface area (Å²) in [5, 5.41) is 10.1. The van der Waals surface area contributed by atoms with Crippen LogP contribution in [0.1, 0.15) is 6.92 Å². The number of nitrogens with zero attached hydrogens (tertiary/aromatic N) is 1. The average molecular weight is 300 g/mol. The number of fused-ring (bicyclic) bond motifs is 1. The molecule has 1 heterocycles. The highest BCUT2D eigenvalue weighted by molar-refractivity contribution is 9.09. The van der Waals surface area contributed by atoms with Crippen molar-refractivity contribution in [3.05, 3.63) is 24.3 Å². The molecule has 92 valence electrons. The molecule has 1 aliphatic rings. The van der Waals surface area contributed by atoms with Crippen molar-refractivity contribution in [2.45, 2.75) is 19.1 Å². The van der Waals surface area contributed by atoms with Crippen molar-refractivity contribution in [1.82, 2.24) is 0 Å². The molecule has 1 aromatic carbocycles. The standard InChI is InChI=1S/C12H14BrNO3/c1-8-12(16)14(7-9(15)6-13)10-4-2-3-5-11(10)17-8/h2-5,8-9,15H,6-7H2,1H3. The quantitative estimate of drug-likeness (QED) is 0.862. The lowest BCUT2D eigenvalue weighted by atomic mass is 10.1. The fourth-order valence-corrected chi connectivity index (χ4v) is 2.01. The normalized spacial score (nSPS) is 20.8. The molecular formula is C12H14BrNO3. The second-order valence-corrected chi connectivity index (χ2v) is 4.63. The van der Waals surface area contributed by atoms with Gasteiger partial charge in [0.15, 0.2) is 6.10 Å². The monoisotopic (exact) mass is 299 g/mol. The van der Waals surface area contributed by atoms with Crippen LogP contribution in [-0.2, 0) is 4.79 Å². The molecule has 2 rings (SSSR count). The fraction of sp³-hybridized carbons (Fsp3) is 0.417. The van der Waals surface area contributed by atoms with Gasteiger partial charge in [-0.25, -0.2) is 0 Å². The summed E-state index contributed by atoms with van der Waals surface area (Å²) in [5.41, 5.74) is 0.718. The number of halogens is 1. The van der Waals surface area contributed by atoms with Crippen molar-refractivity contribution in [2.75, 3.05) is 16.8 Å². The lowest BCUT2D eigenvalue weighted by Gasteiger charge is -2.33. The molecule has 5 heteroatoms. The zero-order chi connectivity index (χ0) is 12.4. The third kappa shape index (κ3) is 2.45. The first-order valence-corrected chi connectivity index (χ1v) is 6.56. The minimum absolute atomic E-state index is 0.122. The number of para-hydroxylation sites is 2. The average Bonchev–Trinajstić information content (AvgIpc) is 2.34. The van der Waals surface area contributed by atoms with E-state index < -0.39 is 12.2 Å². The Morgan fingerprint density at radius 1 is 1.53 bits per heavy atom. The van der Waals surface area contributed by atoms with E-state index in [2.05, 4.69) is 15.9 Å². The highest BCUT2D eigenvalue weighted by Crippen LogP contribution is 2.33. The minimum Gasteiger partial charge on any atom is -0.479 e. The lowest BCUT2D eigenvalue weighted by molar-refractivity contribution is -0.125. The van der Waals surface area contributed by atoms with Gasteiger partial charge >= 0.3 is 0 Å². The fourth-order valence-electron chi connectivity index (χ4n) is 1.81. The van der Waals surface area contributed by atoms with Crippen LogP contribution in [0.4, 0.5) is 5.69 Å². The molecule has 0 radical (unpaired) electrons. The molecule has 4 nitrogen and oxygen atoms in total. The highest BCUT2D eigenvalue weighted by Gasteiger charge is 2.32. The molecule has 2 unspecified atom stereocenters. The van der Waals surface area contributed by atoms with Gasteiger partial charge in [-0.3, -0.25) is 4.79 Å². The Morgan fingerprint density at radius 2 is 2.24 bits per heavy atom. The second-order valence-electron chi connectivity index (χ2n) is 3.98. The van der Waals surface area contributed by atoms with Gasteiger partial charge in [0.1, 0.15) is 5.75 Å². The van der Waals surface area contributed by atoms with Gasteiger partial charge in [0.2, 0.25) is 0 Å². The van der Waals surface area contributed by atoms with Gasteiger partial charge < -0.3 is 14.7 Å². The van der Waals surface area contributed by atoms with Crippen LogP contribution in [-0.4, -0.2) is 35.1 Å². The molecule has 1 aromatic rings. The van der Waals surface area contributed by atoms with Crippen molar-refractivity contribution < 1.29 is 14.6 Å². The van der Waals surface area contributed by atoms with E-state index in [0.717, 1.165) is 5.69 Å². The SMILES string of the molecule is CC1Oc2ccccc2N(CC(O)CBr)C1=O. The van der Waals surface area contributed by atoms with Gasteiger partial charge in [0.05, 0.1) is 18.3 Å². The topological polar surface area (TPSA) is 49.8 Å². The van der Waals surface area contributed by atoms with Crippen molar-refractivity contribution in [1.29, 1.82) is 0 Å². The van der Waals surface area contributed by atoms with E-state index in [1.807, 2.05) is 24.3 Å². The first-order chi connectivity index (χ1) is 8.13. The smallest absolute Gasteiger partial charge is 0.267 e. The molecule has 0 saturated heterocycles. The molecule has 0 saturated carbocycles. The third-order valence-corrected chi connectivity index (χ3v) is 3.39. The number of carbonyl (C=O) groups is 1. The Labute approximate surface area is 108 Å². The molecule has 0 fully saturated rings. The number of aliphatic hydroxyl groups excluding tert-OH is 1. The Balaban J connectivity index is 2.32. The van der Waals surface area contributed by atoms with E-state index in [4.69, 9.17) is 4.74 Å². The summed E-state index contributed by atoms with van der Waals surface area (Å²) in [7, 11) is 0. The molecule has 1 N–H and O–H groups in total. The van der Waals surface area contributed by atoms with Gasteiger partial charge in [0.25, 0.3) is 5.91 Å². The summed E-state index contributed by atoms with van der Waals surface area (Å²) >= 11 is 3.20. The number of alkyl halides is 1. The zero-order valence-electron chi connectivity index (χ0n) is 9.47. The maximum Gasteiger partial charge on any atom is 0.267 e. The van der Waals surface area contributed by atoms with Crippen LogP contribution in [0.2, 0.25) is 0 Å². The van der Waals surface area contributed by atoms with Crippen LogP contribution in [0, 0.1) is 0 Å². The summed E-state index contributed by atoms with van der Waals surface area (Å²) in [6.07, 6.45) is -1.09. The van der Waals surface area contributed by atoms with Gasteiger partial charge in [-0.05, 0) is 19.1 Å². The van der Waals surface area contributed by atoms with E-state index in [1.165, 1.54) is 0 Å². The first kappa shape index (κ1) is 12.4. The molecule has 0 bridgehead atoms. The molecule has 0 aliphatic carbocycles. The minimum atomic E-state index is -0.586. The van der Waals surface area contributed by atoms with Crippen LogP contribution in [0.15, 0.2) is 24.3 Å². The number of ether oxygens (including phenoxy) is 1. The maximum absolute atomic E-state index is 12.0. The molecule has 1 amide bonds. The Kier molecular flexibility index (Phi) is 3.69. The third-order valence-electron chi connectivity index (χ3n) is 2.65. The van der Waals surface area contributed by atoms with E-state index in [0.29, 0.717) is 11.1 Å². The van der Waals surface area contributed by atoms with E-state index in [1.54, 1.807) is 11.8 Å². The second kappa shape index (κ2) is 5.06. The Bertz CT molecular complexity index is 424. The number of hydrogen-bond acceptors (Lipinski definition) is 3. The predicted octanol–water partition coefficient (Wildman–Crippen LogP) is 1.56. The predicted molar refractivity (Wildman–Crippen MR) is 68.7 cm³/mol. The van der Waals surface area contributed by atoms with Crippen LogP contribution in [0.3, 0.4) is 0 Å². The van der Waals surface area contributed by atoms with Crippen molar-refractivity contribution in [3.63, 3.8) is 0 Å². The van der Waals surface area contributed by atoms with Gasteiger partial charge in [-0.15, -0.1) is 0 Å². The van der Waals surface area contributed by atoms with E-state index in [-0.39, 0.29) is 12.5 Å². The number of benzene rings is 1. The number of amides is 1. The summed E-state index contributed by atoms with van der Waals surface area (Å²) in [5.74, 6) is 0.560. The molecule has 2 atom stereocenters. The first-order valence-electron chi connectivity index (χ1n) is 5.44. The molecule has 0 aromatic heterocycles. The number of carbonyl (C=O) groups excluding carboxylic acids is 1. The molecule has 0 spiro atoms. The molecule has 1 aliphatic heterocycles. The van der Waals surface area contributed by atoms with Crippen LogP contribution < -0.4 is 9.64 Å². The van der Waals surface area contributed by atoms with Crippen molar-refractivity contribution in [3.8, 4) is 5.75 Å². The maximum atomic E-state index is 12.0. The summed E-state index contributed by atoms with van der Waals surface area (Å²) in [6, 6.07) is 7.35. The van der Waals surface area contributed by atoms with Gasteiger partial charge in [-0.1, -0.05) is 28.1 Å². The number of aliphatic hydroxyl groups is 1. The van der Waals surface area contributed by atoms with Crippen molar-refractivity contribution >= 4 is 27.5 Å². The van der Waals surface area contributed by atoms with E-state index in [9.17, 15) is 9.90 Å². The zero-order valence-corrected chi connectivity index (χ0v) is 11.1. The molecule has 17 heavy (non-hydrogen) atoms. The van der Waals surface area contributed by atoms with Gasteiger partial charge in [-0.2, -0.15) is 0 Å². The number of anilines is 1. The summed E-state index contributed by atoms with van der Waals surface area (Å²) in [4.78, 5) is 13.6. The highest BCUT2D eigenvalue weighted by atomic mass is 79.9. The largest absolute Gasteiger partial charge is 0.479 e. The Hall–Kier alpha value is -1.07. The van der Waals surface area contributed by atoms with Crippen LogP contribution >= 0.6 is 15.9 Å². The Morgan fingerprint density at radius 3 is 2.94 bits per heavy atom. The summed E-state index contributed by atoms with van der Waals surface area (Å²) in [6.45, 7) is 1.99. The number of rotatable bonds is 3. The van der Waals surface area contributed by atoms with Crippen LogP contribution in [0.5, 0.6) is 5.75 Å². The van der Waals surface area contributed by atoms with Crippen LogP contribution in [0.25, 0.3) is 0 Å². The van der Waals surface area contributed by atoms with Gasteiger partial charge in [0, 0.05) is 5.33 Å². The van der Waals surface area contributed by atoms with Crippen molar-refractivity contribution in [2.24, 2.45) is 0 Å². The number of hydrogen-bond donors (Lipinski definition) is 1. The molecular weight excluding hydrogens is 286 g/mol.